The maximum atomic E-state index is 11.9. The van der Waals surface area contributed by atoms with Gasteiger partial charge in [0.25, 0.3) is 0 Å². The van der Waals surface area contributed by atoms with Gasteiger partial charge in [0, 0.05) is 45.0 Å². The molecule has 37 heavy (non-hydrogen) atoms. The molecule has 0 atom stereocenters. The average Bonchev–Trinajstić information content (AvgIpc) is 3.38. The maximum Gasteiger partial charge on any atom is 0.528 e. The number of carbonyl (C=O) groups excluding carboxylic acids is 1. The summed E-state index contributed by atoms with van der Waals surface area (Å²) in [5, 5.41) is 9.20. The molecule has 2 aromatic heterocycles. The van der Waals surface area contributed by atoms with E-state index in [9.17, 15) is 4.79 Å². The molecule has 11 nitrogen and oxygen atoms in total. The summed E-state index contributed by atoms with van der Waals surface area (Å²) < 4.78 is 7.06. The van der Waals surface area contributed by atoms with Crippen molar-refractivity contribution in [3.63, 3.8) is 0 Å². The molecular weight excluding hydrogens is 472 g/mol. The first kappa shape index (κ1) is 26.3. The van der Waals surface area contributed by atoms with Crippen LogP contribution in [0.1, 0.15) is 39.2 Å². The average molecular weight is 509 g/mol. The molecule has 1 fully saturated rings. The third-order valence-electron chi connectivity index (χ3n) is 6.06. The predicted octanol–water partition coefficient (Wildman–Crippen LogP) is 4.07. The van der Waals surface area contributed by atoms with E-state index in [1.54, 1.807) is 24.0 Å². The van der Waals surface area contributed by atoms with Crippen LogP contribution in [0.25, 0.3) is 0 Å². The Balaban J connectivity index is 1.23. The maximum absolute atomic E-state index is 11.9. The lowest BCUT2D eigenvalue weighted by molar-refractivity contribution is -0.154. The number of hydrogen-bond donors (Lipinski definition) is 1. The highest BCUT2D eigenvalue weighted by atomic mass is 16.8. The second-order valence-electron chi connectivity index (χ2n) is 10.3. The molecule has 0 bridgehead atoms. The van der Waals surface area contributed by atoms with Gasteiger partial charge in [-0.05, 0) is 63.6 Å². The Morgan fingerprint density at radius 1 is 1.14 bits per heavy atom. The predicted molar refractivity (Wildman–Crippen MR) is 140 cm³/mol. The van der Waals surface area contributed by atoms with Crippen molar-refractivity contribution in [3.8, 4) is 0 Å². The molecule has 4 rings (SSSR count). The molecule has 0 unspecified atom stereocenters. The van der Waals surface area contributed by atoms with Gasteiger partial charge < -0.3 is 19.8 Å². The summed E-state index contributed by atoms with van der Waals surface area (Å²) in [7, 11) is 2.04. The van der Waals surface area contributed by atoms with Crippen molar-refractivity contribution in [2.45, 2.75) is 52.2 Å². The van der Waals surface area contributed by atoms with Crippen LogP contribution in [0.15, 0.2) is 49.3 Å². The smallest absolute Gasteiger partial charge is 0.427 e. The molecule has 0 amide bonds. The molecule has 3 heterocycles. The van der Waals surface area contributed by atoms with E-state index in [2.05, 4.69) is 54.5 Å². The quantitative estimate of drug-likeness (QED) is 0.425. The van der Waals surface area contributed by atoms with Crippen LogP contribution in [0, 0.1) is 5.92 Å². The number of ether oxygens (including phenoxy) is 1. The van der Waals surface area contributed by atoms with Gasteiger partial charge in [-0.3, -0.25) is 4.68 Å². The Hall–Kier alpha value is -3.73. The molecule has 1 aliphatic heterocycles. The van der Waals surface area contributed by atoms with Gasteiger partial charge in [0.2, 0.25) is 0 Å². The van der Waals surface area contributed by atoms with Crippen LogP contribution < -0.4 is 10.2 Å². The minimum absolute atomic E-state index is 0.472. The van der Waals surface area contributed by atoms with Crippen molar-refractivity contribution in [2.75, 3.05) is 36.9 Å². The van der Waals surface area contributed by atoms with Crippen LogP contribution in [0.3, 0.4) is 0 Å². The number of piperidine rings is 1. The molecule has 1 N–H and O–H groups in total. The molecular formula is C26H36N8O3. The molecule has 0 spiro atoms. The largest absolute Gasteiger partial charge is 0.528 e. The summed E-state index contributed by atoms with van der Waals surface area (Å²) in [6.07, 6.45) is 6.94. The molecule has 0 radical (unpaired) electrons. The number of aromatic nitrogens is 5. The van der Waals surface area contributed by atoms with Gasteiger partial charge in [0.15, 0.2) is 0 Å². The van der Waals surface area contributed by atoms with E-state index >= 15 is 0 Å². The highest BCUT2D eigenvalue weighted by Gasteiger charge is 2.26. The molecule has 11 heteroatoms. The lowest BCUT2D eigenvalue weighted by atomic mass is 9.97. The molecule has 0 aliphatic carbocycles. The van der Waals surface area contributed by atoms with E-state index in [1.165, 1.54) is 5.56 Å². The lowest BCUT2D eigenvalue weighted by Crippen LogP contribution is -2.40. The Kier molecular flexibility index (Phi) is 8.54. The van der Waals surface area contributed by atoms with Gasteiger partial charge in [-0.25, -0.2) is 19.7 Å². The number of nitrogens with one attached hydrogen (secondary N) is 1. The van der Waals surface area contributed by atoms with Crippen molar-refractivity contribution in [3.05, 3.63) is 54.9 Å². The third kappa shape index (κ3) is 8.42. The van der Waals surface area contributed by atoms with Crippen LogP contribution in [-0.4, -0.2) is 68.2 Å². The number of carbonyl (C=O) groups is 1. The first-order valence-electron chi connectivity index (χ1n) is 12.6. The zero-order chi connectivity index (χ0) is 26.3. The summed E-state index contributed by atoms with van der Waals surface area (Å²) in [6.45, 7) is 8.49. The molecule has 3 aromatic rings. The minimum Gasteiger partial charge on any atom is -0.427 e. The number of hydroxylamine groups is 2. The highest BCUT2D eigenvalue weighted by Crippen LogP contribution is 2.23. The van der Waals surface area contributed by atoms with E-state index < -0.39 is 11.8 Å². The number of rotatable bonds is 9. The van der Waals surface area contributed by atoms with E-state index in [0.29, 0.717) is 19.0 Å². The van der Waals surface area contributed by atoms with Gasteiger partial charge >= 0.3 is 6.16 Å². The SMILES string of the molecule is CN(CC1CCN(OC(=O)OC(C)(C)C)CC1)c1cc(Nc2ccc(CCn3cncn3)cc2)ncn1. The number of hydrogen-bond acceptors (Lipinski definition) is 10. The van der Waals surface area contributed by atoms with Crippen molar-refractivity contribution in [1.82, 2.24) is 29.8 Å². The van der Waals surface area contributed by atoms with E-state index in [0.717, 1.165) is 49.7 Å². The van der Waals surface area contributed by atoms with Gasteiger partial charge in [0.1, 0.15) is 36.2 Å². The van der Waals surface area contributed by atoms with Crippen molar-refractivity contribution in [1.29, 1.82) is 0 Å². The van der Waals surface area contributed by atoms with Gasteiger partial charge in [-0.15, -0.1) is 5.06 Å². The zero-order valence-electron chi connectivity index (χ0n) is 22.0. The van der Waals surface area contributed by atoms with Crippen LogP contribution in [0.5, 0.6) is 0 Å². The van der Waals surface area contributed by atoms with Crippen LogP contribution in [-0.2, 0) is 22.5 Å². The van der Waals surface area contributed by atoms with Crippen LogP contribution in [0.4, 0.5) is 22.1 Å². The van der Waals surface area contributed by atoms with E-state index in [-0.39, 0.29) is 0 Å². The summed E-state index contributed by atoms with van der Waals surface area (Å²) in [4.78, 5) is 32.2. The Bertz CT molecular complexity index is 1120. The van der Waals surface area contributed by atoms with Crippen molar-refractivity contribution in [2.24, 2.45) is 5.92 Å². The lowest BCUT2D eigenvalue weighted by Gasteiger charge is -2.33. The third-order valence-corrected chi connectivity index (χ3v) is 6.06. The number of nitrogens with zero attached hydrogens (tertiary/aromatic N) is 7. The molecule has 198 valence electrons. The van der Waals surface area contributed by atoms with Gasteiger partial charge in [-0.1, -0.05) is 12.1 Å². The number of aryl methyl sites for hydroxylation is 2. The second kappa shape index (κ2) is 12.0. The molecule has 0 saturated carbocycles. The summed E-state index contributed by atoms with van der Waals surface area (Å²) in [5.41, 5.74) is 1.63. The summed E-state index contributed by atoms with van der Waals surface area (Å²) in [6, 6.07) is 10.3. The Morgan fingerprint density at radius 3 is 2.57 bits per heavy atom. The first-order chi connectivity index (χ1) is 17.7. The Morgan fingerprint density at radius 2 is 1.89 bits per heavy atom. The van der Waals surface area contributed by atoms with Crippen LogP contribution >= 0.6 is 0 Å². The molecule has 1 aliphatic rings. The first-order valence-corrected chi connectivity index (χ1v) is 12.6. The highest BCUT2D eigenvalue weighted by molar-refractivity contribution is 5.60. The topological polar surface area (TPSA) is 111 Å². The Labute approximate surface area is 217 Å². The fraction of sp³-hybridized carbons (Fsp3) is 0.500. The summed E-state index contributed by atoms with van der Waals surface area (Å²) in [5.74, 6) is 2.07. The van der Waals surface area contributed by atoms with Gasteiger partial charge in [0.05, 0.1) is 0 Å². The second-order valence-corrected chi connectivity index (χ2v) is 10.3. The number of benzene rings is 1. The summed E-state index contributed by atoms with van der Waals surface area (Å²) >= 11 is 0. The van der Waals surface area contributed by atoms with E-state index in [1.807, 2.05) is 38.6 Å². The minimum atomic E-state index is -0.648. The van der Waals surface area contributed by atoms with Crippen LogP contribution in [0.2, 0.25) is 0 Å². The fourth-order valence-electron chi connectivity index (χ4n) is 4.16. The fourth-order valence-corrected chi connectivity index (χ4v) is 4.16. The zero-order valence-corrected chi connectivity index (χ0v) is 22.0. The van der Waals surface area contributed by atoms with Gasteiger partial charge in [-0.2, -0.15) is 5.10 Å². The van der Waals surface area contributed by atoms with Crippen molar-refractivity contribution >= 4 is 23.5 Å². The monoisotopic (exact) mass is 508 g/mol. The molecule has 1 saturated heterocycles. The van der Waals surface area contributed by atoms with E-state index in [4.69, 9.17) is 9.57 Å². The normalized spacial score (nSPS) is 14.8. The van der Waals surface area contributed by atoms with Crippen molar-refractivity contribution < 1.29 is 14.4 Å². The molecule has 1 aromatic carbocycles. The number of anilines is 3. The standard InChI is InChI=1S/C26H36N8O3/c1-26(2,3)36-25(35)37-34-13-10-21(11-14-34)16-32(4)24-15-23(28-18-29-24)31-22-7-5-20(6-8-22)9-12-33-19-27-17-30-33/h5-8,15,17-19,21H,9-14,16H2,1-4H3,(H,28,29,31).